The molecule has 0 unspecified atom stereocenters. The fraction of sp³-hybridized carbons (Fsp3) is 0.250. The maximum absolute atomic E-state index is 12.1. The molecule has 2 aromatic rings. The van der Waals surface area contributed by atoms with Crippen LogP contribution in [0.4, 0.5) is 5.69 Å². The second-order valence-corrected chi connectivity index (χ2v) is 5.56. The van der Waals surface area contributed by atoms with E-state index in [1.807, 2.05) is 13.0 Å². The van der Waals surface area contributed by atoms with Gasteiger partial charge in [0.2, 0.25) is 5.91 Å². The Morgan fingerprint density at radius 1 is 0.923 bits per heavy atom. The van der Waals surface area contributed by atoms with Crippen LogP contribution in [0.3, 0.4) is 0 Å². The van der Waals surface area contributed by atoms with Gasteiger partial charge >= 0.3 is 5.97 Å². The van der Waals surface area contributed by atoms with Crippen molar-refractivity contribution < 1.29 is 23.9 Å². The molecule has 6 nitrogen and oxygen atoms in total. The number of para-hydroxylation sites is 1. The lowest BCUT2D eigenvalue weighted by atomic mass is 10.1. The summed E-state index contributed by atoms with van der Waals surface area (Å²) >= 11 is 0. The SMILES string of the molecule is CCCC(=O)Nc1ccc(C(=O)COC(=O)COc2ccccc2)cc1. The number of esters is 1. The summed E-state index contributed by atoms with van der Waals surface area (Å²) < 4.78 is 10.2. The van der Waals surface area contributed by atoms with E-state index >= 15 is 0 Å². The molecule has 2 rings (SSSR count). The Bertz CT molecular complexity index is 741. The molecule has 136 valence electrons. The van der Waals surface area contributed by atoms with E-state index in [0.717, 1.165) is 6.42 Å². The zero-order valence-electron chi connectivity index (χ0n) is 14.6. The average molecular weight is 355 g/mol. The number of ketones is 1. The van der Waals surface area contributed by atoms with Gasteiger partial charge in [-0.25, -0.2) is 4.79 Å². The van der Waals surface area contributed by atoms with E-state index in [-0.39, 0.29) is 24.9 Å². The number of anilines is 1. The number of benzene rings is 2. The second kappa shape index (κ2) is 9.98. The number of nitrogens with one attached hydrogen (secondary N) is 1. The van der Waals surface area contributed by atoms with E-state index in [9.17, 15) is 14.4 Å². The van der Waals surface area contributed by atoms with Crippen molar-refractivity contribution in [1.82, 2.24) is 0 Å². The number of amides is 1. The molecule has 0 bridgehead atoms. The highest BCUT2D eigenvalue weighted by molar-refractivity contribution is 5.98. The lowest BCUT2D eigenvalue weighted by molar-refractivity contribution is -0.144. The summed E-state index contributed by atoms with van der Waals surface area (Å²) in [4.78, 5) is 35.2. The van der Waals surface area contributed by atoms with Crippen LogP contribution in [0.25, 0.3) is 0 Å². The van der Waals surface area contributed by atoms with Crippen LogP contribution in [-0.2, 0) is 14.3 Å². The zero-order valence-corrected chi connectivity index (χ0v) is 14.6. The van der Waals surface area contributed by atoms with Crippen molar-refractivity contribution in [1.29, 1.82) is 0 Å². The molecule has 0 atom stereocenters. The van der Waals surface area contributed by atoms with Gasteiger partial charge in [-0.3, -0.25) is 9.59 Å². The lowest BCUT2D eigenvalue weighted by Gasteiger charge is -2.07. The van der Waals surface area contributed by atoms with E-state index in [2.05, 4.69) is 5.32 Å². The Labute approximate surface area is 152 Å². The third-order valence-corrected chi connectivity index (χ3v) is 3.43. The summed E-state index contributed by atoms with van der Waals surface area (Å²) in [6.07, 6.45) is 1.21. The summed E-state index contributed by atoms with van der Waals surface area (Å²) in [7, 11) is 0. The van der Waals surface area contributed by atoms with Gasteiger partial charge in [0.1, 0.15) is 5.75 Å². The van der Waals surface area contributed by atoms with Crippen molar-refractivity contribution in [2.45, 2.75) is 19.8 Å². The Balaban J connectivity index is 1.76. The summed E-state index contributed by atoms with van der Waals surface area (Å²) in [6, 6.07) is 15.3. The van der Waals surface area contributed by atoms with Gasteiger partial charge in [-0.15, -0.1) is 0 Å². The quantitative estimate of drug-likeness (QED) is 0.552. The maximum Gasteiger partial charge on any atom is 0.344 e. The van der Waals surface area contributed by atoms with Crippen molar-refractivity contribution in [3.8, 4) is 5.75 Å². The number of carbonyl (C=O) groups excluding carboxylic acids is 3. The first-order chi connectivity index (χ1) is 12.6. The fourth-order valence-electron chi connectivity index (χ4n) is 2.12. The van der Waals surface area contributed by atoms with Gasteiger partial charge in [-0.2, -0.15) is 0 Å². The molecule has 0 radical (unpaired) electrons. The maximum atomic E-state index is 12.1. The predicted octanol–water partition coefficient (Wildman–Crippen LogP) is 3.23. The van der Waals surface area contributed by atoms with Gasteiger partial charge < -0.3 is 14.8 Å². The van der Waals surface area contributed by atoms with Crippen molar-refractivity contribution in [3.05, 3.63) is 60.2 Å². The number of hydrogen-bond acceptors (Lipinski definition) is 5. The van der Waals surface area contributed by atoms with E-state index in [1.165, 1.54) is 0 Å². The molecular formula is C20H21NO5. The smallest absolute Gasteiger partial charge is 0.344 e. The molecule has 0 aliphatic carbocycles. The molecule has 1 amide bonds. The highest BCUT2D eigenvalue weighted by atomic mass is 16.6. The van der Waals surface area contributed by atoms with E-state index in [4.69, 9.17) is 9.47 Å². The first-order valence-electron chi connectivity index (χ1n) is 8.35. The van der Waals surface area contributed by atoms with E-state index in [1.54, 1.807) is 48.5 Å². The molecule has 0 heterocycles. The number of rotatable bonds is 9. The minimum atomic E-state index is -0.620. The Kier molecular flexibility index (Phi) is 7.36. The Hall–Kier alpha value is -3.15. The van der Waals surface area contributed by atoms with Crippen LogP contribution >= 0.6 is 0 Å². The fourth-order valence-corrected chi connectivity index (χ4v) is 2.12. The van der Waals surface area contributed by atoms with Gasteiger partial charge in [-0.1, -0.05) is 25.1 Å². The second-order valence-electron chi connectivity index (χ2n) is 5.56. The topological polar surface area (TPSA) is 81.7 Å². The molecule has 2 aromatic carbocycles. The molecule has 0 aromatic heterocycles. The highest BCUT2D eigenvalue weighted by Gasteiger charge is 2.11. The largest absolute Gasteiger partial charge is 0.482 e. The molecule has 0 aliphatic heterocycles. The van der Waals surface area contributed by atoms with Gasteiger partial charge in [0.15, 0.2) is 19.0 Å². The minimum Gasteiger partial charge on any atom is -0.482 e. The Morgan fingerprint density at radius 3 is 2.27 bits per heavy atom. The van der Waals surface area contributed by atoms with Crippen molar-refractivity contribution >= 4 is 23.3 Å². The average Bonchev–Trinajstić information content (AvgIpc) is 2.66. The molecule has 0 aliphatic rings. The van der Waals surface area contributed by atoms with Gasteiger partial charge in [0, 0.05) is 17.7 Å². The van der Waals surface area contributed by atoms with Crippen LogP contribution in [0.15, 0.2) is 54.6 Å². The summed E-state index contributed by atoms with van der Waals surface area (Å²) in [5, 5.41) is 2.74. The van der Waals surface area contributed by atoms with Crippen LogP contribution < -0.4 is 10.1 Å². The first-order valence-corrected chi connectivity index (χ1v) is 8.35. The Morgan fingerprint density at radius 2 is 1.62 bits per heavy atom. The van der Waals surface area contributed by atoms with Crippen LogP contribution in [0.1, 0.15) is 30.1 Å². The molecule has 0 saturated heterocycles. The lowest BCUT2D eigenvalue weighted by Crippen LogP contribution is -2.19. The summed E-state index contributed by atoms with van der Waals surface area (Å²) in [5.74, 6) is -0.467. The first kappa shape index (κ1) is 19.2. The highest BCUT2D eigenvalue weighted by Crippen LogP contribution is 2.11. The standard InChI is InChI=1S/C20H21NO5/c1-2-6-19(23)21-16-11-9-15(10-12-16)18(22)13-26-20(24)14-25-17-7-4-3-5-8-17/h3-5,7-12H,2,6,13-14H2,1H3,(H,21,23). The molecular weight excluding hydrogens is 334 g/mol. The van der Waals surface area contributed by atoms with Crippen LogP contribution in [0.5, 0.6) is 5.75 Å². The van der Waals surface area contributed by atoms with E-state index < -0.39 is 5.97 Å². The zero-order chi connectivity index (χ0) is 18.8. The van der Waals surface area contributed by atoms with Gasteiger partial charge in [0.05, 0.1) is 0 Å². The number of ether oxygens (including phenoxy) is 2. The number of Topliss-reactive ketones (excluding diaryl/α,β-unsaturated/α-hetero) is 1. The monoisotopic (exact) mass is 355 g/mol. The molecule has 26 heavy (non-hydrogen) atoms. The third-order valence-electron chi connectivity index (χ3n) is 3.43. The molecule has 1 N–H and O–H groups in total. The van der Waals surface area contributed by atoms with Crippen molar-refractivity contribution in [2.24, 2.45) is 0 Å². The summed E-state index contributed by atoms with van der Waals surface area (Å²) in [5.41, 5.74) is 1.02. The van der Waals surface area contributed by atoms with Crippen molar-refractivity contribution in [3.63, 3.8) is 0 Å². The minimum absolute atomic E-state index is 0.0704. The number of carbonyl (C=O) groups is 3. The van der Waals surface area contributed by atoms with Crippen LogP contribution in [-0.4, -0.2) is 30.9 Å². The van der Waals surface area contributed by atoms with E-state index in [0.29, 0.717) is 23.4 Å². The molecule has 0 saturated carbocycles. The van der Waals surface area contributed by atoms with Gasteiger partial charge in [-0.05, 0) is 42.8 Å². The van der Waals surface area contributed by atoms with Gasteiger partial charge in [0.25, 0.3) is 0 Å². The predicted molar refractivity (Wildman–Crippen MR) is 97.2 cm³/mol. The molecule has 0 spiro atoms. The summed E-state index contributed by atoms with van der Waals surface area (Å²) in [6.45, 7) is 1.30. The molecule has 6 heteroatoms. The van der Waals surface area contributed by atoms with Crippen LogP contribution in [0.2, 0.25) is 0 Å². The molecule has 0 fully saturated rings. The van der Waals surface area contributed by atoms with Crippen molar-refractivity contribution in [2.75, 3.05) is 18.5 Å². The van der Waals surface area contributed by atoms with Crippen LogP contribution in [0, 0.1) is 0 Å². The number of hydrogen-bond donors (Lipinski definition) is 1. The third kappa shape index (κ3) is 6.39. The normalized spacial score (nSPS) is 10.0.